The third kappa shape index (κ3) is 8.92. The smallest absolute Gasteiger partial charge is 0.260 e. The minimum Gasteiger partial charge on any atom is -0.497 e. The van der Waals surface area contributed by atoms with E-state index < -0.39 is 0 Å². The van der Waals surface area contributed by atoms with E-state index >= 15 is 0 Å². The second-order valence-electron chi connectivity index (χ2n) is 14.6. The van der Waals surface area contributed by atoms with Crippen molar-refractivity contribution in [2.75, 3.05) is 60.9 Å². The number of rotatable bonds is 18. The maximum absolute atomic E-state index is 13.9. The van der Waals surface area contributed by atoms with E-state index in [1.165, 1.54) is 14.2 Å². The van der Waals surface area contributed by atoms with Crippen LogP contribution in [0.1, 0.15) is 51.1 Å². The van der Waals surface area contributed by atoms with Crippen molar-refractivity contribution in [1.29, 1.82) is 0 Å². The molecule has 2 atom stereocenters. The molecule has 16 nitrogen and oxygen atoms in total. The quantitative estimate of drug-likeness (QED) is 0.0413. The molecule has 0 saturated carbocycles. The SMILES string of the molecule is COc1ccc(C2=CN3C(=O)c4cc(OC)c(OCCCOc5cc6c(cc5OC)C(=O)N5C=C(c7ccc(OCCOCCN=[N+]=[N-])cc7)CC5C=N6)cc4N=CC3C2)cc1. The average Bonchev–Trinajstić information content (AvgIpc) is 3.88. The van der Waals surface area contributed by atoms with Gasteiger partial charge in [-0.2, -0.15) is 0 Å². The van der Waals surface area contributed by atoms with Crippen LogP contribution in [0.2, 0.25) is 0 Å². The summed E-state index contributed by atoms with van der Waals surface area (Å²) < 4.78 is 40.0. The first-order chi connectivity index (χ1) is 30.4. The van der Waals surface area contributed by atoms with Gasteiger partial charge in [0.1, 0.15) is 18.1 Å². The summed E-state index contributed by atoms with van der Waals surface area (Å²) in [6.07, 6.45) is 9.12. The maximum Gasteiger partial charge on any atom is 0.260 e. The van der Waals surface area contributed by atoms with Gasteiger partial charge < -0.3 is 43.0 Å². The Morgan fingerprint density at radius 3 is 1.63 bits per heavy atom. The number of carbonyl (C=O) groups excluding carboxylic acids is 2. The average molecular weight is 840 g/mol. The molecule has 2 unspecified atom stereocenters. The molecule has 8 rings (SSSR count). The lowest BCUT2D eigenvalue weighted by atomic mass is 10.0. The molecule has 4 aliphatic rings. The van der Waals surface area contributed by atoms with Crippen molar-refractivity contribution in [1.82, 2.24) is 9.80 Å². The number of fused-ring (bicyclic) bond motifs is 4. The number of ether oxygens (including phenoxy) is 7. The van der Waals surface area contributed by atoms with Crippen molar-refractivity contribution < 1.29 is 42.7 Å². The zero-order valence-corrected chi connectivity index (χ0v) is 34.6. The summed E-state index contributed by atoms with van der Waals surface area (Å²) in [4.78, 5) is 43.2. The Morgan fingerprint density at radius 2 is 1.15 bits per heavy atom. The Labute approximate surface area is 358 Å². The zero-order valence-electron chi connectivity index (χ0n) is 34.6. The van der Waals surface area contributed by atoms with Crippen LogP contribution in [0.4, 0.5) is 11.4 Å². The number of azide groups is 1. The number of hydrogen-bond donors (Lipinski definition) is 0. The molecule has 0 bridgehead atoms. The molecule has 0 spiro atoms. The lowest BCUT2D eigenvalue weighted by Crippen LogP contribution is -2.32. The van der Waals surface area contributed by atoms with Crippen LogP contribution in [0.25, 0.3) is 21.6 Å². The zero-order chi connectivity index (χ0) is 43.0. The Morgan fingerprint density at radius 1 is 0.629 bits per heavy atom. The van der Waals surface area contributed by atoms with Crippen LogP contribution >= 0.6 is 0 Å². The third-order valence-electron chi connectivity index (χ3n) is 10.8. The van der Waals surface area contributed by atoms with Gasteiger partial charge in [-0.3, -0.25) is 19.6 Å². The number of hydrogen-bond acceptors (Lipinski definition) is 12. The van der Waals surface area contributed by atoms with E-state index in [1.54, 1.807) is 53.6 Å². The van der Waals surface area contributed by atoms with Crippen molar-refractivity contribution in [3.8, 4) is 34.5 Å². The minimum atomic E-state index is -0.253. The lowest BCUT2D eigenvalue weighted by Gasteiger charge is -2.19. The molecular formula is C46H45N7O9. The van der Waals surface area contributed by atoms with Crippen LogP contribution in [0.15, 0.2) is 100 Å². The molecule has 0 fully saturated rings. The van der Waals surface area contributed by atoms with Crippen molar-refractivity contribution in [2.45, 2.75) is 31.3 Å². The number of carbonyl (C=O) groups is 2. The predicted octanol–water partition coefficient (Wildman–Crippen LogP) is 8.21. The Balaban J connectivity index is 0.859. The Kier molecular flexibility index (Phi) is 12.7. The van der Waals surface area contributed by atoms with E-state index in [4.69, 9.17) is 48.7 Å². The summed E-state index contributed by atoms with van der Waals surface area (Å²) in [5.41, 5.74) is 14.2. The van der Waals surface area contributed by atoms with Crippen LogP contribution in [0, 0.1) is 0 Å². The van der Waals surface area contributed by atoms with Gasteiger partial charge in [0.2, 0.25) is 0 Å². The van der Waals surface area contributed by atoms with Crippen molar-refractivity contribution >= 4 is 46.8 Å². The van der Waals surface area contributed by atoms with Gasteiger partial charge in [0.05, 0.1) is 82.3 Å². The van der Waals surface area contributed by atoms with Crippen molar-refractivity contribution in [3.63, 3.8) is 0 Å². The standard InChI is InChI=1S/C46H45N7O9/c1-56-35-9-5-29(6-10-35)31-19-33-25-48-39-23-43(41(57-2)21-37(39)45(54)52(33)27-31)61-14-4-15-62-44-24-40-38(22-42(44)58-3)46(55)53-28-32(20-34(53)26-49-40)30-7-11-36(12-8-30)60-18-17-59-16-13-50-51-47/h5-12,21-28,33-34H,4,13-20H2,1-3H3. The topological polar surface area (TPSA) is 179 Å². The molecule has 0 saturated heterocycles. The van der Waals surface area contributed by atoms with Crippen LogP contribution in [-0.4, -0.2) is 107 Å². The van der Waals surface area contributed by atoms with Crippen molar-refractivity contribution in [2.24, 2.45) is 15.1 Å². The summed E-state index contributed by atoms with van der Waals surface area (Å²) in [6, 6.07) is 21.8. The molecule has 62 heavy (non-hydrogen) atoms. The molecule has 0 radical (unpaired) electrons. The first kappa shape index (κ1) is 41.4. The summed E-state index contributed by atoms with van der Waals surface area (Å²) >= 11 is 0. The fourth-order valence-electron chi connectivity index (χ4n) is 7.61. The molecule has 4 aromatic carbocycles. The second-order valence-corrected chi connectivity index (χ2v) is 14.6. The molecule has 0 aliphatic carbocycles. The Hall–Kier alpha value is -7.29. The number of amides is 2. The first-order valence-electron chi connectivity index (χ1n) is 20.2. The maximum atomic E-state index is 13.9. The van der Waals surface area contributed by atoms with E-state index in [1.807, 2.05) is 60.9 Å². The fourth-order valence-corrected chi connectivity index (χ4v) is 7.61. The lowest BCUT2D eigenvalue weighted by molar-refractivity contribution is 0.0809. The molecule has 4 aliphatic heterocycles. The normalized spacial score (nSPS) is 17.1. The molecule has 2 amide bonds. The highest BCUT2D eigenvalue weighted by Gasteiger charge is 2.35. The van der Waals surface area contributed by atoms with Crippen LogP contribution in [0.5, 0.6) is 34.5 Å². The first-order valence-corrected chi connectivity index (χ1v) is 20.2. The van der Waals surface area contributed by atoms with Crippen LogP contribution < -0.4 is 28.4 Å². The van der Waals surface area contributed by atoms with Gasteiger partial charge in [-0.25, -0.2) is 0 Å². The van der Waals surface area contributed by atoms with E-state index in [-0.39, 0.29) is 43.7 Å². The Bertz CT molecular complexity index is 2500. The number of methoxy groups -OCH3 is 3. The minimum absolute atomic E-state index is 0.166. The summed E-state index contributed by atoms with van der Waals surface area (Å²) in [5, 5.41) is 3.43. The van der Waals surface area contributed by atoms with Gasteiger partial charge in [-0.05, 0) is 64.2 Å². The summed E-state index contributed by atoms with van der Waals surface area (Å²) in [6.45, 7) is 1.94. The molecule has 0 N–H and O–H groups in total. The van der Waals surface area contributed by atoms with Gasteiger partial charge in [-0.15, -0.1) is 0 Å². The van der Waals surface area contributed by atoms with Crippen LogP contribution in [0.3, 0.4) is 0 Å². The highest BCUT2D eigenvalue weighted by molar-refractivity contribution is 6.06. The monoisotopic (exact) mass is 839 g/mol. The molecule has 318 valence electrons. The van der Waals surface area contributed by atoms with Crippen molar-refractivity contribution in [3.05, 3.63) is 118 Å². The predicted molar refractivity (Wildman–Crippen MR) is 233 cm³/mol. The van der Waals surface area contributed by atoms with Gasteiger partial charge in [-0.1, -0.05) is 29.4 Å². The fraction of sp³-hybridized carbons (Fsp3) is 0.304. The highest BCUT2D eigenvalue weighted by Crippen LogP contribution is 2.42. The van der Waals surface area contributed by atoms with E-state index in [0.717, 1.165) is 28.0 Å². The van der Waals surface area contributed by atoms with Gasteiger partial charge >= 0.3 is 0 Å². The highest BCUT2D eigenvalue weighted by atomic mass is 16.5. The van der Waals surface area contributed by atoms with Gasteiger partial charge in [0, 0.05) is 67.7 Å². The molecule has 4 aromatic rings. The van der Waals surface area contributed by atoms with E-state index in [0.29, 0.717) is 90.3 Å². The summed E-state index contributed by atoms with van der Waals surface area (Å²) in [5.74, 6) is 2.87. The molecule has 16 heteroatoms. The van der Waals surface area contributed by atoms with E-state index in [9.17, 15) is 9.59 Å². The van der Waals surface area contributed by atoms with Gasteiger partial charge in [0.25, 0.3) is 11.8 Å². The van der Waals surface area contributed by atoms with Crippen LogP contribution in [-0.2, 0) is 4.74 Å². The third-order valence-corrected chi connectivity index (χ3v) is 10.8. The number of aliphatic imine (C=N–C) groups is 2. The number of nitrogens with zero attached hydrogens (tertiary/aromatic N) is 7. The molecule has 4 heterocycles. The van der Waals surface area contributed by atoms with Gasteiger partial charge in [0.15, 0.2) is 23.0 Å². The van der Waals surface area contributed by atoms with E-state index in [2.05, 4.69) is 10.0 Å². The largest absolute Gasteiger partial charge is 0.497 e. The second kappa shape index (κ2) is 19.0. The number of benzene rings is 4. The summed E-state index contributed by atoms with van der Waals surface area (Å²) in [7, 11) is 4.70. The molecular weight excluding hydrogens is 795 g/mol. The molecule has 0 aromatic heterocycles.